The molecule has 106 valence electrons. The molecule has 0 amide bonds. The van der Waals surface area contributed by atoms with Gasteiger partial charge in [-0.15, -0.1) is 10.2 Å². The van der Waals surface area contributed by atoms with Gasteiger partial charge >= 0.3 is 5.97 Å². The summed E-state index contributed by atoms with van der Waals surface area (Å²) in [4.78, 5) is 11.1. The van der Waals surface area contributed by atoms with Crippen molar-refractivity contribution in [3.05, 3.63) is 46.6 Å². The van der Waals surface area contributed by atoms with Crippen LogP contribution in [-0.4, -0.2) is 32.8 Å². The minimum atomic E-state index is -1.00. The number of hydrogen-bond acceptors (Lipinski definition) is 4. The zero-order valence-electron chi connectivity index (χ0n) is 10.9. The molecule has 2 heterocycles. The van der Waals surface area contributed by atoms with Gasteiger partial charge < -0.3 is 9.84 Å². The van der Waals surface area contributed by atoms with Crippen molar-refractivity contribution in [3.8, 4) is 17.1 Å². The summed E-state index contributed by atoms with van der Waals surface area (Å²) in [6.45, 7) is 0. The van der Waals surface area contributed by atoms with Crippen LogP contribution in [0.15, 0.2) is 41.0 Å². The molecule has 0 saturated carbocycles. The van der Waals surface area contributed by atoms with Crippen LogP contribution in [0.3, 0.4) is 0 Å². The van der Waals surface area contributed by atoms with E-state index in [4.69, 9.17) is 9.84 Å². The van der Waals surface area contributed by atoms with Gasteiger partial charge in [0.25, 0.3) is 0 Å². The van der Waals surface area contributed by atoms with E-state index in [0.717, 1.165) is 10.0 Å². The monoisotopic (exact) mass is 347 g/mol. The van der Waals surface area contributed by atoms with Gasteiger partial charge in [0.1, 0.15) is 5.75 Å². The highest BCUT2D eigenvalue weighted by Gasteiger charge is 2.15. The molecule has 0 fully saturated rings. The van der Waals surface area contributed by atoms with Crippen LogP contribution in [0.1, 0.15) is 10.4 Å². The third kappa shape index (κ3) is 2.36. The molecule has 1 N–H and O–H groups in total. The van der Waals surface area contributed by atoms with Gasteiger partial charge in [0.15, 0.2) is 11.5 Å². The lowest BCUT2D eigenvalue weighted by atomic mass is 10.2. The minimum Gasteiger partial charge on any atom is -0.496 e. The minimum absolute atomic E-state index is 0.166. The van der Waals surface area contributed by atoms with Crippen LogP contribution in [0.25, 0.3) is 17.0 Å². The Morgan fingerprint density at radius 1 is 1.29 bits per heavy atom. The molecular weight excluding hydrogens is 338 g/mol. The maximum absolute atomic E-state index is 11.1. The summed E-state index contributed by atoms with van der Waals surface area (Å²) in [6, 6.07) is 8.63. The Bertz CT molecular complexity index is 845. The Labute approximate surface area is 128 Å². The number of aromatic carboxylic acids is 1. The zero-order valence-corrected chi connectivity index (χ0v) is 12.5. The lowest BCUT2D eigenvalue weighted by Gasteiger charge is -2.07. The Kier molecular flexibility index (Phi) is 3.34. The van der Waals surface area contributed by atoms with Crippen molar-refractivity contribution in [3.63, 3.8) is 0 Å². The van der Waals surface area contributed by atoms with Gasteiger partial charge in [-0.25, -0.2) is 4.79 Å². The normalized spacial score (nSPS) is 10.8. The Balaban J connectivity index is 2.25. The number of ether oxygens (including phenoxy) is 1. The number of halogens is 1. The second-order valence-corrected chi connectivity index (χ2v) is 5.24. The van der Waals surface area contributed by atoms with Crippen LogP contribution in [0.4, 0.5) is 0 Å². The first-order chi connectivity index (χ1) is 10.1. The summed E-state index contributed by atoms with van der Waals surface area (Å²) in [5.74, 6) is 0.149. The van der Waals surface area contributed by atoms with Gasteiger partial charge in [-0.1, -0.05) is 15.9 Å². The summed E-state index contributed by atoms with van der Waals surface area (Å²) >= 11 is 3.38. The standard InChI is InChI=1S/C14H10BrN3O3/c1-21-11-6-9(15)3-4-10(11)13-17-16-12-5-2-8(14(19)20)7-18(12)13/h2-7H,1H3,(H,19,20). The Morgan fingerprint density at radius 3 is 2.81 bits per heavy atom. The lowest BCUT2D eigenvalue weighted by Crippen LogP contribution is -2.00. The van der Waals surface area contributed by atoms with E-state index in [0.29, 0.717) is 17.2 Å². The van der Waals surface area contributed by atoms with Gasteiger partial charge in [0.05, 0.1) is 18.2 Å². The fraction of sp³-hybridized carbons (Fsp3) is 0.0714. The molecule has 0 bridgehead atoms. The number of nitrogens with zero attached hydrogens (tertiary/aromatic N) is 3. The molecule has 0 atom stereocenters. The zero-order chi connectivity index (χ0) is 15.0. The third-order valence-electron chi connectivity index (χ3n) is 3.05. The number of pyridine rings is 1. The predicted octanol–water partition coefficient (Wildman–Crippen LogP) is 2.87. The van der Waals surface area contributed by atoms with Crippen molar-refractivity contribution in [1.29, 1.82) is 0 Å². The highest BCUT2D eigenvalue weighted by Crippen LogP contribution is 2.31. The topological polar surface area (TPSA) is 76.7 Å². The number of benzene rings is 1. The van der Waals surface area contributed by atoms with Gasteiger partial charge in [-0.2, -0.15) is 0 Å². The number of methoxy groups -OCH3 is 1. The third-order valence-corrected chi connectivity index (χ3v) is 3.55. The first kappa shape index (κ1) is 13.6. The quantitative estimate of drug-likeness (QED) is 0.788. The molecule has 0 saturated heterocycles. The molecule has 0 aliphatic heterocycles. The van der Waals surface area contributed by atoms with Gasteiger partial charge in [0.2, 0.25) is 0 Å². The van der Waals surface area contributed by atoms with Gasteiger partial charge in [0, 0.05) is 10.7 Å². The maximum Gasteiger partial charge on any atom is 0.337 e. The molecule has 3 rings (SSSR count). The van der Waals surface area contributed by atoms with E-state index < -0.39 is 5.97 Å². The second-order valence-electron chi connectivity index (χ2n) is 4.32. The second kappa shape index (κ2) is 5.17. The molecule has 21 heavy (non-hydrogen) atoms. The Hall–Kier alpha value is -2.41. The molecular formula is C14H10BrN3O3. The summed E-state index contributed by atoms with van der Waals surface area (Å²) in [6.07, 6.45) is 1.49. The van der Waals surface area contributed by atoms with Crippen molar-refractivity contribution in [2.75, 3.05) is 7.11 Å². The van der Waals surface area contributed by atoms with E-state index in [1.165, 1.54) is 12.3 Å². The number of carbonyl (C=O) groups is 1. The Morgan fingerprint density at radius 2 is 2.10 bits per heavy atom. The summed E-state index contributed by atoms with van der Waals surface area (Å²) in [5.41, 5.74) is 1.47. The highest BCUT2D eigenvalue weighted by molar-refractivity contribution is 9.10. The molecule has 0 spiro atoms. The van der Waals surface area contributed by atoms with Crippen LogP contribution in [-0.2, 0) is 0 Å². The first-order valence-corrected chi connectivity index (χ1v) is 6.81. The number of aromatic nitrogens is 3. The highest BCUT2D eigenvalue weighted by atomic mass is 79.9. The summed E-state index contributed by atoms with van der Waals surface area (Å²) < 4.78 is 7.86. The van der Waals surface area contributed by atoms with Crippen molar-refractivity contribution >= 4 is 27.5 Å². The van der Waals surface area contributed by atoms with E-state index in [-0.39, 0.29) is 5.56 Å². The molecule has 0 aliphatic carbocycles. The number of fused-ring (bicyclic) bond motifs is 1. The van der Waals surface area contributed by atoms with Crippen molar-refractivity contribution in [2.24, 2.45) is 0 Å². The summed E-state index contributed by atoms with van der Waals surface area (Å²) in [7, 11) is 1.57. The number of carboxylic acid groups (broad SMARTS) is 1. The largest absolute Gasteiger partial charge is 0.496 e. The van der Waals surface area contributed by atoms with Gasteiger partial charge in [-0.3, -0.25) is 4.40 Å². The van der Waals surface area contributed by atoms with E-state index >= 15 is 0 Å². The molecule has 7 heteroatoms. The van der Waals surface area contributed by atoms with Crippen molar-refractivity contribution in [2.45, 2.75) is 0 Å². The molecule has 1 aromatic carbocycles. The fourth-order valence-corrected chi connectivity index (χ4v) is 2.39. The number of hydrogen-bond donors (Lipinski definition) is 1. The summed E-state index contributed by atoms with van der Waals surface area (Å²) in [5, 5.41) is 17.3. The van der Waals surface area contributed by atoms with Crippen molar-refractivity contribution in [1.82, 2.24) is 14.6 Å². The SMILES string of the molecule is COc1cc(Br)ccc1-c1nnc2ccc(C(=O)O)cn12. The predicted molar refractivity (Wildman–Crippen MR) is 79.6 cm³/mol. The average Bonchev–Trinajstić information content (AvgIpc) is 2.89. The fourth-order valence-electron chi connectivity index (χ4n) is 2.05. The van der Waals surface area contributed by atoms with Crippen molar-refractivity contribution < 1.29 is 14.6 Å². The first-order valence-electron chi connectivity index (χ1n) is 6.02. The van der Waals surface area contributed by atoms with E-state index in [1.807, 2.05) is 18.2 Å². The lowest BCUT2D eigenvalue weighted by molar-refractivity contribution is 0.0696. The number of carboxylic acids is 1. The van der Waals surface area contributed by atoms with Gasteiger partial charge in [-0.05, 0) is 30.3 Å². The maximum atomic E-state index is 11.1. The molecule has 0 unspecified atom stereocenters. The molecule has 0 aliphatic rings. The average molecular weight is 348 g/mol. The molecule has 0 radical (unpaired) electrons. The van der Waals surface area contributed by atoms with Crippen LogP contribution >= 0.6 is 15.9 Å². The smallest absolute Gasteiger partial charge is 0.337 e. The van der Waals surface area contributed by atoms with E-state index in [9.17, 15) is 4.79 Å². The van der Waals surface area contributed by atoms with Crippen LogP contribution < -0.4 is 4.74 Å². The van der Waals surface area contributed by atoms with Crippen LogP contribution in [0.2, 0.25) is 0 Å². The molecule has 6 nitrogen and oxygen atoms in total. The van der Waals surface area contributed by atoms with Crippen LogP contribution in [0, 0.1) is 0 Å². The van der Waals surface area contributed by atoms with E-state index in [1.54, 1.807) is 17.6 Å². The van der Waals surface area contributed by atoms with Crippen LogP contribution in [0.5, 0.6) is 5.75 Å². The molecule has 2 aromatic heterocycles. The van der Waals surface area contributed by atoms with E-state index in [2.05, 4.69) is 26.1 Å². The number of rotatable bonds is 3. The molecule has 3 aromatic rings.